The van der Waals surface area contributed by atoms with E-state index in [-0.39, 0.29) is 11.8 Å². The van der Waals surface area contributed by atoms with Crippen molar-refractivity contribution in [1.29, 1.82) is 0 Å². The van der Waals surface area contributed by atoms with Gasteiger partial charge >= 0.3 is 0 Å². The van der Waals surface area contributed by atoms with Gasteiger partial charge in [-0.25, -0.2) is 0 Å². The summed E-state index contributed by atoms with van der Waals surface area (Å²) in [4.78, 5) is 17.6. The number of ether oxygens (including phenoxy) is 1. The largest absolute Gasteiger partial charge is 0.379 e. The first-order chi connectivity index (χ1) is 11.4. The highest BCUT2D eigenvalue weighted by Crippen LogP contribution is 2.29. The third-order valence-electron chi connectivity index (χ3n) is 5.77. The lowest BCUT2D eigenvalue weighted by Gasteiger charge is -2.34. The zero-order chi connectivity index (χ0) is 17.4. The average molecular weight is 334 g/mol. The van der Waals surface area contributed by atoms with E-state index in [9.17, 15) is 4.79 Å². The van der Waals surface area contributed by atoms with E-state index in [1.165, 1.54) is 0 Å². The van der Waals surface area contributed by atoms with Crippen LogP contribution in [0.4, 0.5) is 0 Å². The van der Waals surface area contributed by atoms with Gasteiger partial charge in [0.15, 0.2) is 0 Å². The van der Waals surface area contributed by atoms with Crippen molar-refractivity contribution < 1.29 is 9.53 Å². The van der Waals surface area contributed by atoms with E-state index in [0.717, 1.165) is 56.3 Å². The summed E-state index contributed by atoms with van der Waals surface area (Å²) in [6.45, 7) is 13.6. The van der Waals surface area contributed by atoms with Crippen LogP contribution < -0.4 is 0 Å². The molecule has 2 aliphatic rings. The second kappa shape index (κ2) is 6.84. The molecule has 0 saturated carbocycles. The maximum absolute atomic E-state index is 13.1. The number of nitrogens with zero attached hydrogens (tertiary/aromatic N) is 4. The molecule has 0 bridgehead atoms. The first-order valence-electron chi connectivity index (χ1n) is 9.00. The lowest BCUT2D eigenvalue weighted by Crippen LogP contribution is -2.47. The van der Waals surface area contributed by atoms with Crippen LogP contribution in [0.2, 0.25) is 0 Å². The molecule has 3 heterocycles. The Labute approximate surface area is 144 Å². The molecule has 2 fully saturated rings. The zero-order valence-electron chi connectivity index (χ0n) is 15.6. The van der Waals surface area contributed by atoms with Crippen LogP contribution >= 0.6 is 0 Å². The number of rotatable bonds is 3. The van der Waals surface area contributed by atoms with Gasteiger partial charge in [0.05, 0.1) is 24.8 Å². The summed E-state index contributed by atoms with van der Waals surface area (Å²) in [6, 6.07) is 0.459. The summed E-state index contributed by atoms with van der Waals surface area (Å²) in [5, 5.41) is 4.47. The van der Waals surface area contributed by atoms with Gasteiger partial charge in [0.2, 0.25) is 5.91 Å². The molecule has 3 rings (SSSR count). The topological polar surface area (TPSA) is 50.6 Å². The number of hydrogen-bond acceptors (Lipinski definition) is 4. The number of likely N-dealkylation sites (tertiary alicyclic amines) is 1. The highest BCUT2D eigenvalue weighted by molar-refractivity contribution is 5.84. The molecular weight excluding hydrogens is 304 g/mol. The van der Waals surface area contributed by atoms with E-state index < -0.39 is 0 Å². The van der Waals surface area contributed by atoms with Gasteiger partial charge in [0.25, 0.3) is 0 Å². The minimum absolute atomic E-state index is 0.130. The third kappa shape index (κ3) is 3.09. The Bertz CT molecular complexity index is 606. The molecule has 134 valence electrons. The molecule has 24 heavy (non-hydrogen) atoms. The molecule has 2 saturated heterocycles. The van der Waals surface area contributed by atoms with Gasteiger partial charge in [-0.15, -0.1) is 0 Å². The molecule has 0 aliphatic carbocycles. The molecule has 6 nitrogen and oxygen atoms in total. The van der Waals surface area contributed by atoms with Crippen molar-refractivity contribution in [2.24, 2.45) is 13.0 Å². The monoisotopic (exact) mass is 334 g/mol. The SMILES string of the molecule is Cc1nn(C)c(C)c1[C@H](C)C(=O)N1C[C@@H](N2CCOCC2)[C@@H](C)C1. The number of amides is 1. The highest BCUT2D eigenvalue weighted by atomic mass is 16.5. The van der Waals surface area contributed by atoms with E-state index in [0.29, 0.717) is 12.0 Å². The number of morpholine rings is 1. The minimum Gasteiger partial charge on any atom is -0.379 e. The molecule has 3 atom stereocenters. The summed E-state index contributed by atoms with van der Waals surface area (Å²) >= 11 is 0. The lowest BCUT2D eigenvalue weighted by molar-refractivity contribution is -0.131. The van der Waals surface area contributed by atoms with Crippen molar-refractivity contribution in [2.75, 3.05) is 39.4 Å². The van der Waals surface area contributed by atoms with Gasteiger partial charge in [-0.1, -0.05) is 6.92 Å². The molecule has 0 aromatic carbocycles. The van der Waals surface area contributed by atoms with Gasteiger partial charge in [0, 0.05) is 50.5 Å². The zero-order valence-corrected chi connectivity index (χ0v) is 15.6. The van der Waals surface area contributed by atoms with E-state index in [4.69, 9.17) is 4.74 Å². The Hall–Kier alpha value is -1.40. The van der Waals surface area contributed by atoms with Crippen molar-refractivity contribution in [1.82, 2.24) is 19.6 Å². The molecule has 0 spiro atoms. The summed E-state index contributed by atoms with van der Waals surface area (Å²) in [7, 11) is 1.94. The maximum atomic E-state index is 13.1. The molecule has 0 radical (unpaired) electrons. The fourth-order valence-electron chi connectivity index (χ4n) is 4.33. The summed E-state index contributed by atoms with van der Waals surface area (Å²) < 4.78 is 7.33. The predicted octanol–water partition coefficient (Wildman–Crippen LogP) is 1.32. The van der Waals surface area contributed by atoms with Crippen LogP contribution in [-0.4, -0.2) is 70.9 Å². The van der Waals surface area contributed by atoms with Crippen LogP contribution in [0.25, 0.3) is 0 Å². The van der Waals surface area contributed by atoms with Crippen LogP contribution in [0, 0.1) is 19.8 Å². The quantitative estimate of drug-likeness (QED) is 0.837. The number of aryl methyl sites for hydroxylation is 2. The highest BCUT2D eigenvalue weighted by Gasteiger charge is 2.38. The average Bonchev–Trinajstić information content (AvgIpc) is 3.07. The Morgan fingerprint density at radius 2 is 1.92 bits per heavy atom. The van der Waals surface area contributed by atoms with Crippen molar-refractivity contribution >= 4 is 5.91 Å². The molecule has 0 N–H and O–H groups in total. The van der Waals surface area contributed by atoms with Crippen LogP contribution in [0.15, 0.2) is 0 Å². The Morgan fingerprint density at radius 3 is 2.50 bits per heavy atom. The van der Waals surface area contributed by atoms with E-state index >= 15 is 0 Å². The predicted molar refractivity (Wildman–Crippen MR) is 93.0 cm³/mol. The Kier molecular flexibility index (Phi) is 4.97. The molecule has 2 aliphatic heterocycles. The summed E-state index contributed by atoms with van der Waals surface area (Å²) in [5.41, 5.74) is 3.14. The standard InChI is InChI=1S/C18H30N4O2/c1-12-10-22(11-16(12)21-6-8-24-9-7-21)18(23)13(2)17-14(3)19-20(5)15(17)4/h12-13,16H,6-11H2,1-5H3/t12-,13-,16+/m0/s1. The van der Waals surface area contributed by atoms with Crippen LogP contribution in [0.1, 0.15) is 36.7 Å². The van der Waals surface area contributed by atoms with E-state index in [1.54, 1.807) is 0 Å². The molecular formula is C18H30N4O2. The molecule has 1 aromatic rings. The van der Waals surface area contributed by atoms with Crippen molar-refractivity contribution in [3.63, 3.8) is 0 Å². The maximum Gasteiger partial charge on any atom is 0.230 e. The second-order valence-corrected chi connectivity index (χ2v) is 7.37. The molecule has 0 unspecified atom stereocenters. The van der Waals surface area contributed by atoms with Gasteiger partial charge in [-0.3, -0.25) is 14.4 Å². The smallest absolute Gasteiger partial charge is 0.230 e. The normalized spacial score (nSPS) is 26.8. The summed E-state index contributed by atoms with van der Waals surface area (Å²) in [6.07, 6.45) is 0. The molecule has 1 amide bonds. The Morgan fingerprint density at radius 1 is 1.25 bits per heavy atom. The fraction of sp³-hybridized carbons (Fsp3) is 0.778. The van der Waals surface area contributed by atoms with Crippen molar-refractivity contribution in [3.05, 3.63) is 17.0 Å². The van der Waals surface area contributed by atoms with E-state index in [2.05, 4.69) is 21.8 Å². The first-order valence-corrected chi connectivity index (χ1v) is 9.00. The van der Waals surface area contributed by atoms with Crippen LogP contribution in [0.3, 0.4) is 0 Å². The van der Waals surface area contributed by atoms with E-state index in [1.807, 2.05) is 32.5 Å². The minimum atomic E-state index is -0.130. The number of hydrogen-bond donors (Lipinski definition) is 0. The number of carbonyl (C=O) groups excluding carboxylic acids is 1. The first kappa shape index (κ1) is 17.4. The lowest BCUT2D eigenvalue weighted by atomic mass is 9.98. The number of carbonyl (C=O) groups is 1. The fourth-order valence-corrected chi connectivity index (χ4v) is 4.33. The number of aromatic nitrogens is 2. The molecule has 6 heteroatoms. The van der Waals surface area contributed by atoms with Crippen molar-refractivity contribution in [2.45, 2.75) is 39.7 Å². The van der Waals surface area contributed by atoms with Crippen molar-refractivity contribution in [3.8, 4) is 0 Å². The second-order valence-electron chi connectivity index (χ2n) is 7.37. The Balaban J connectivity index is 1.71. The summed E-state index contributed by atoms with van der Waals surface area (Å²) in [5.74, 6) is 0.612. The molecule has 1 aromatic heterocycles. The van der Waals surface area contributed by atoms with Crippen LogP contribution in [-0.2, 0) is 16.6 Å². The van der Waals surface area contributed by atoms with Gasteiger partial charge in [-0.2, -0.15) is 5.10 Å². The van der Waals surface area contributed by atoms with Gasteiger partial charge in [0.1, 0.15) is 0 Å². The van der Waals surface area contributed by atoms with Gasteiger partial charge in [-0.05, 0) is 26.7 Å². The van der Waals surface area contributed by atoms with Crippen LogP contribution in [0.5, 0.6) is 0 Å². The third-order valence-corrected chi connectivity index (χ3v) is 5.77. The van der Waals surface area contributed by atoms with Gasteiger partial charge < -0.3 is 9.64 Å².